The molecule has 5 nitrogen and oxygen atoms in total. The van der Waals surface area contributed by atoms with Gasteiger partial charge in [-0.3, -0.25) is 9.69 Å². The first-order valence-electron chi connectivity index (χ1n) is 8.45. The molecule has 0 amide bonds. The summed E-state index contributed by atoms with van der Waals surface area (Å²) < 4.78 is 16.8. The number of ether oxygens (including phenoxy) is 3. The zero-order valence-corrected chi connectivity index (χ0v) is 14.4. The van der Waals surface area contributed by atoms with Crippen molar-refractivity contribution in [1.29, 1.82) is 0 Å². The van der Waals surface area contributed by atoms with Crippen molar-refractivity contribution < 1.29 is 19.0 Å². The lowest BCUT2D eigenvalue weighted by Gasteiger charge is -2.38. The van der Waals surface area contributed by atoms with Gasteiger partial charge in [0.05, 0.1) is 6.61 Å². The zero-order chi connectivity index (χ0) is 16.7. The molecule has 4 rings (SSSR count). The summed E-state index contributed by atoms with van der Waals surface area (Å²) in [5.41, 5.74) is 0.898. The van der Waals surface area contributed by atoms with Crippen LogP contribution in [-0.2, 0) is 19.0 Å². The Labute approximate surface area is 146 Å². The van der Waals surface area contributed by atoms with Crippen LogP contribution in [0.4, 0.5) is 0 Å². The number of carbonyl (C=O) groups is 1. The molecule has 24 heavy (non-hydrogen) atoms. The maximum absolute atomic E-state index is 12.7. The number of halogens is 1. The molecule has 1 unspecified atom stereocenters. The minimum Gasteiger partial charge on any atom is -0.462 e. The standard InChI is InChI=1S/C18H22ClNO4/c1-20-14-7-12(8-15(20)17-16(14)24-17)23-18(21)13(9-22-10-19)11-5-3-2-4-6-11/h2-6,12-17H,7-10H2,1H3/t12?,13-,14-,15+,16-,17+/m1/s1. The van der Waals surface area contributed by atoms with Gasteiger partial charge in [-0.1, -0.05) is 41.9 Å². The highest BCUT2D eigenvalue weighted by molar-refractivity contribution is 6.17. The largest absolute Gasteiger partial charge is 0.462 e. The van der Waals surface area contributed by atoms with E-state index in [1.165, 1.54) is 0 Å². The summed E-state index contributed by atoms with van der Waals surface area (Å²) in [6.07, 6.45) is 2.33. The number of likely N-dealkylation sites (N-methyl/N-ethyl adjacent to an activating group) is 1. The Kier molecular flexibility index (Phi) is 4.52. The first-order valence-corrected chi connectivity index (χ1v) is 8.99. The molecular weight excluding hydrogens is 330 g/mol. The summed E-state index contributed by atoms with van der Waals surface area (Å²) in [4.78, 5) is 15.1. The average Bonchev–Trinajstić information content (AvgIpc) is 3.34. The summed E-state index contributed by atoms with van der Waals surface area (Å²) in [7, 11) is 2.14. The number of esters is 1. The lowest BCUT2D eigenvalue weighted by atomic mass is 9.97. The van der Waals surface area contributed by atoms with E-state index in [0.29, 0.717) is 24.3 Å². The minimum absolute atomic E-state index is 0.0395. The maximum Gasteiger partial charge on any atom is 0.316 e. The van der Waals surface area contributed by atoms with Gasteiger partial charge in [0.25, 0.3) is 0 Å². The molecule has 3 aliphatic heterocycles. The lowest BCUT2D eigenvalue weighted by molar-refractivity contribution is -0.157. The Bertz CT molecular complexity index is 580. The molecule has 1 aromatic carbocycles. The van der Waals surface area contributed by atoms with E-state index in [4.69, 9.17) is 25.8 Å². The molecule has 3 heterocycles. The molecule has 0 spiro atoms. The molecular formula is C18H22ClNO4. The van der Waals surface area contributed by atoms with E-state index in [0.717, 1.165) is 18.4 Å². The number of piperidine rings is 1. The summed E-state index contributed by atoms with van der Waals surface area (Å²) in [5, 5.41) is 0. The van der Waals surface area contributed by atoms with E-state index in [2.05, 4.69) is 11.9 Å². The van der Waals surface area contributed by atoms with E-state index in [9.17, 15) is 4.79 Å². The van der Waals surface area contributed by atoms with E-state index in [-0.39, 0.29) is 24.7 Å². The van der Waals surface area contributed by atoms with Crippen molar-refractivity contribution in [3.63, 3.8) is 0 Å². The highest BCUT2D eigenvalue weighted by atomic mass is 35.5. The van der Waals surface area contributed by atoms with Crippen LogP contribution in [-0.4, -0.2) is 61.0 Å². The van der Waals surface area contributed by atoms with Crippen molar-refractivity contribution in [1.82, 2.24) is 4.90 Å². The van der Waals surface area contributed by atoms with Crippen LogP contribution in [0.25, 0.3) is 0 Å². The molecule has 0 N–H and O–H groups in total. The number of hydrogen-bond acceptors (Lipinski definition) is 5. The van der Waals surface area contributed by atoms with Crippen molar-refractivity contribution >= 4 is 17.6 Å². The number of nitrogens with zero attached hydrogens (tertiary/aromatic N) is 1. The molecule has 2 bridgehead atoms. The molecule has 6 heteroatoms. The molecule has 0 saturated carbocycles. The van der Waals surface area contributed by atoms with Gasteiger partial charge in [0.1, 0.15) is 30.3 Å². The SMILES string of the molecule is CN1[C@@H]2CC(OC(=O)[C@H](COCCl)c3ccccc3)C[C@H]1[C@@H]1O[C@@H]12. The Hall–Kier alpha value is -1.14. The molecule has 1 aromatic rings. The molecule has 3 fully saturated rings. The van der Waals surface area contributed by atoms with Crippen molar-refractivity contribution in [2.75, 3.05) is 19.7 Å². The van der Waals surface area contributed by atoms with Crippen molar-refractivity contribution in [2.45, 2.75) is 49.2 Å². The average molecular weight is 352 g/mol. The normalized spacial score (nSPS) is 35.3. The van der Waals surface area contributed by atoms with Crippen molar-refractivity contribution in [3.8, 4) is 0 Å². The number of morpholine rings is 1. The summed E-state index contributed by atoms with van der Waals surface area (Å²) in [6, 6.07) is 10.4. The highest BCUT2D eigenvalue weighted by Gasteiger charge is 2.62. The first-order chi connectivity index (χ1) is 11.7. The molecule has 0 aliphatic carbocycles. The molecule has 130 valence electrons. The van der Waals surface area contributed by atoms with Gasteiger partial charge in [0.2, 0.25) is 0 Å². The van der Waals surface area contributed by atoms with Crippen molar-refractivity contribution in [3.05, 3.63) is 35.9 Å². The lowest BCUT2D eigenvalue weighted by Crippen LogP contribution is -2.48. The molecule has 6 atom stereocenters. The second kappa shape index (κ2) is 6.64. The van der Waals surface area contributed by atoms with Gasteiger partial charge in [-0.15, -0.1) is 0 Å². The fraction of sp³-hybridized carbons (Fsp3) is 0.611. The van der Waals surface area contributed by atoms with Crippen LogP contribution in [0.3, 0.4) is 0 Å². The van der Waals surface area contributed by atoms with E-state index in [1.807, 2.05) is 30.3 Å². The predicted octanol–water partition coefficient (Wildman–Crippen LogP) is 2.14. The second-order valence-corrected chi connectivity index (χ2v) is 7.06. The maximum atomic E-state index is 12.7. The number of epoxide rings is 1. The number of rotatable bonds is 6. The molecule has 0 radical (unpaired) electrons. The van der Waals surface area contributed by atoms with Gasteiger partial charge in [-0.05, 0) is 12.6 Å². The van der Waals surface area contributed by atoms with Gasteiger partial charge in [-0.2, -0.15) is 0 Å². The predicted molar refractivity (Wildman–Crippen MR) is 89.0 cm³/mol. The summed E-state index contributed by atoms with van der Waals surface area (Å²) >= 11 is 5.62. The zero-order valence-electron chi connectivity index (χ0n) is 13.6. The van der Waals surface area contributed by atoms with Gasteiger partial charge >= 0.3 is 5.97 Å². The second-order valence-electron chi connectivity index (χ2n) is 6.84. The third-order valence-electron chi connectivity index (χ3n) is 5.51. The number of benzene rings is 1. The van der Waals surface area contributed by atoms with Crippen LogP contribution in [0.1, 0.15) is 24.3 Å². The highest BCUT2D eigenvalue weighted by Crippen LogP contribution is 2.48. The van der Waals surface area contributed by atoms with Crippen molar-refractivity contribution in [2.24, 2.45) is 0 Å². The van der Waals surface area contributed by atoms with Crippen LogP contribution in [0.15, 0.2) is 30.3 Å². The Morgan fingerprint density at radius 2 is 1.96 bits per heavy atom. The number of alkyl halides is 1. The third kappa shape index (κ3) is 2.94. The number of carbonyl (C=O) groups excluding carboxylic acids is 1. The van der Waals surface area contributed by atoms with Gasteiger partial charge in [0.15, 0.2) is 0 Å². The molecule has 3 aliphatic rings. The van der Waals surface area contributed by atoms with Gasteiger partial charge in [-0.25, -0.2) is 0 Å². The Morgan fingerprint density at radius 3 is 2.58 bits per heavy atom. The van der Waals surface area contributed by atoms with Crippen LogP contribution < -0.4 is 0 Å². The Morgan fingerprint density at radius 1 is 1.29 bits per heavy atom. The van der Waals surface area contributed by atoms with E-state index in [1.54, 1.807) is 0 Å². The topological polar surface area (TPSA) is 51.3 Å². The first kappa shape index (κ1) is 16.3. The van der Waals surface area contributed by atoms with Crippen LogP contribution in [0.5, 0.6) is 0 Å². The van der Waals surface area contributed by atoms with E-state index >= 15 is 0 Å². The van der Waals surface area contributed by atoms with Crippen LogP contribution in [0, 0.1) is 0 Å². The fourth-order valence-corrected chi connectivity index (χ4v) is 4.28. The third-order valence-corrected chi connectivity index (χ3v) is 5.66. The van der Waals surface area contributed by atoms with Crippen LogP contribution in [0.2, 0.25) is 0 Å². The quantitative estimate of drug-likeness (QED) is 0.446. The fourth-order valence-electron chi connectivity index (χ4n) is 4.19. The van der Waals surface area contributed by atoms with Gasteiger partial charge < -0.3 is 14.2 Å². The monoisotopic (exact) mass is 351 g/mol. The Balaban J connectivity index is 1.42. The minimum atomic E-state index is -0.437. The molecule has 0 aromatic heterocycles. The summed E-state index contributed by atoms with van der Waals surface area (Å²) in [5.74, 6) is -0.664. The summed E-state index contributed by atoms with van der Waals surface area (Å²) in [6.45, 7) is 0.236. The van der Waals surface area contributed by atoms with E-state index < -0.39 is 5.92 Å². The molecule has 3 saturated heterocycles. The number of hydrogen-bond donors (Lipinski definition) is 0. The van der Waals surface area contributed by atoms with Gasteiger partial charge in [0, 0.05) is 24.9 Å². The smallest absolute Gasteiger partial charge is 0.316 e. The van der Waals surface area contributed by atoms with Crippen LogP contribution >= 0.6 is 11.6 Å². The number of fused-ring (bicyclic) bond motifs is 5.